The fourth-order valence-corrected chi connectivity index (χ4v) is 3.87. The average Bonchev–Trinajstić information content (AvgIpc) is 2.84. The maximum atomic E-state index is 11.8. The quantitative estimate of drug-likeness (QED) is 0.520. The molecule has 2 heterocycles. The van der Waals surface area contributed by atoms with Gasteiger partial charge in [-0.1, -0.05) is 6.07 Å². The molecule has 172 valence electrons. The van der Waals surface area contributed by atoms with E-state index in [-0.39, 0.29) is 12.0 Å². The minimum atomic E-state index is -0.433. The predicted molar refractivity (Wildman–Crippen MR) is 122 cm³/mol. The normalized spacial score (nSPS) is 14.1. The second-order valence-corrected chi connectivity index (χ2v) is 7.77. The lowest BCUT2D eigenvalue weighted by Gasteiger charge is -2.31. The Kier molecular flexibility index (Phi) is 6.63. The molecule has 0 saturated carbocycles. The zero-order valence-electron chi connectivity index (χ0n) is 18.9. The molecule has 3 aromatic rings. The summed E-state index contributed by atoms with van der Waals surface area (Å²) in [6.07, 6.45) is 3.16. The topological polar surface area (TPSA) is 87.2 Å². The predicted octanol–water partition coefficient (Wildman–Crippen LogP) is 4.21. The molecule has 0 N–H and O–H groups in total. The molecule has 1 amide bonds. The van der Waals surface area contributed by atoms with E-state index in [2.05, 4.69) is 4.98 Å². The Bertz CT molecular complexity index is 1170. The van der Waals surface area contributed by atoms with Crippen molar-refractivity contribution in [2.24, 2.45) is 0 Å². The van der Waals surface area contributed by atoms with Crippen LogP contribution in [0.25, 0.3) is 10.9 Å². The summed E-state index contributed by atoms with van der Waals surface area (Å²) in [6.45, 7) is 2.94. The number of piperidine rings is 1. The molecule has 1 aliphatic heterocycles. The van der Waals surface area contributed by atoms with E-state index in [9.17, 15) is 9.59 Å². The number of hydrogen-bond donors (Lipinski definition) is 0. The molecule has 1 saturated heterocycles. The number of carbonyl (C=O) groups excluding carboxylic acids is 2. The Morgan fingerprint density at radius 1 is 1.00 bits per heavy atom. The maximum Gasteiger partial charge on any atom is 0.337 e. The number of ether oxygens (including phenoxy) is 4. The molecule has 8 nitrogen and oxygen atoms in total. The molecule has 0 radical (unpaired) electrons. The number of nitrogens with zero attached hydrogens (tertiary/aromatic N) is 2. The molecule has 33 heavy (non-hydrogen) atoms. The van der Waals surface area contributed by atoms with Gasteiger partial charge in [-0.2, -0.15) is 0 Å². The molecule has 1 aromatic heterocycles. The van der Waals surface area contributed by atoms with Gasteiger partial charge in [0, 0.05) is 50.5 Å². The number of methoxy groups -OCH3 is 2. The molecule has 0 atom stereocenters. The SMILES string of the molecule is COC(=O)c1cccc(Oc2ccnc3cc(OC4CCN(C(C)=O)CC4)c(OC)cc23)c1. The molecular weight excluding hydrogens is 424 g/mol. The van der Waals surface area contributed by atoms with Gasteiger partial charge < -0.3 is 23.8 Å². The summed E-state index contributed by atoms with van der Waals surface area (Å²) >= 11 is 0. The third-order valence-electron chi connectivity index (χ3n) is 5.65. The molecule has 0 bridgehead atoms. The molecule has 4 rings (SSSR count). The van der Waals surface area contributed by atoms with Crippen LogP contribution in [0.5, 0.6) is 23.0 Å². The van der Waals surface area contributed by atoms with Gasteiger partial charge in [-0.3, -0.25) is 9.78 Å². The minimum Gasteiger partial charge on any atom is -0.493 e. The summed E-state index contributed by atoms with van der Waals surface area (Å²) in [4.78, 5) is 29.7. The van der Waals surface area contributed by atoms with Crippen molar-refractivity contribution in [1.82, 2.24) is 9.88 Å². The minimum absolute atomic E-state index is 0.00700. The number of amides is 1. The first-order valence-corrected chi connectivity index (χ1v) is 10.7. The Morgan fingerprint density at radius 2 is 1.79 bits per heavy atom. The van der Waals surface area contributed by atoms with E-state index in [4.69, 9.17) is 18.9 Å². The molecule has 0 spiro atoms. The fraction of sp³-hybridized carbons (Fsp3) is 0.320. The highest BCUT2D eigenvalue weighted by Crippen LogP contribution is 2.38. The van der Waals surface area contributed by atoms with Crippen molar-refractivity contribution in [3.8, 4) is 23.0 Å². The number of likely N-dealkylation sites (tertiary alicyclic amines) is 1. The smallest absolute Gasteiger partial charge is 0.337 e. The van der Waals surface area contributed by atoms with Crippen molar-refractivity contribution < 1.29 is 28.5 Å². The van der Waals surface area contributed by atoms with Crippen LogP contribution in [0, 0.1) is 0 Å². The van der Waals surface area contributed by atoms with Gasteiger partial charge in [0.1, 0.15) is 17.6 Å². The van der Waals surface area contributed by atoms with Gasteiger partial charge in [0.15, 0.2) is 11.5 Å². The van der Waals surface area contributed by atoms with Gasteiger partial charge in [-0.25, -0.2) is 4.79 Å². The zero-order chi connectivity index (χ0) is 23.4. The van der Waals surface area contributed by atoms with E-state index < -0.39 is 5.97 Å². The highest BCUT2D eigenvalue weighted by atomic mass is 16.5. The van der Waals surface area contributed by atoms with Gasteiger partial charge in [-0.15, -0.1) is 0 Å². The van der Waals surface area contributed by atoms with Crippen molar-refractivity contribution in [1.29, 1.82) is 0 Å². The van der Waals surface area contributed by atoms with Crippen LogP contribution >= 0.6 is 0 Å². The van der Waals surface area contributed by atoms with Crippen molar-refractivity contribution >= 4 is 22.8 Å². The summed E-state index contributed by atoms with van der Waals surface area (Å²) in [6, 6.07) is 12.2. The second kappa shape index (κ2) is 9.77. The summed E-state index contributed by atoms with van der Waals surface area (Å²) in [7, 11) is 2.92. The highest BCUT2D eigenvalue weighted by Gasteiger charge is 2.23. The van der Waals surface area contributed by atoms with Crippen LogP contribution in [0.4, 0.5) is 0 Å². The lowest BCUT2D eigenvalue weighted by molar-refractivity contribution is -0.130. The zero-order valence-corrected chi connectivity index (χ0v) is 18.9. The first kappa shape index (κ1) is 22.4. The number of esters is 1. The van der Waals surface area contributed by atoms with E-state index in [1.165, 1.54) is 7.11 Å². The van der Waals surface area contributed by atoms with E-state index in [0.717, 1.165) is 18.2 Å². The van der Waals surface area contributed by atoms with Crippen LogP contribution in [0.15, 0.2) is 48.7 Å². The van der Waals surface area contributed by atoms with E-state index in [0.29, 0.717) is 47.2 Å². The van der Waals surface area contributed by atoms with Gasteiger partial charge in [0.25, 0.3) is 0 Å². The molecule has 2 aromatic carbocycles. The molecule has 8 heteroatoms. The first-order valence-electron chi connectivity index (χ1n) is 10.7. The standard InChI is InChI=1S/C25H26N2O6/c1-16(28)27-11-8-18(9-12-27)32-24-15-21-20(14-23(24)30-2)22(7-10-26-21)33-19-6-4-5-17(13-19)25(29)31-3/h4-7,10,13-15,18H,8-9,11-12H2,1-3H3. The summed E-state index contributed by atoms with van der Waals surface area (Å²) in [5.41, 5.74) is 1.09. The molecular formula is C25H26N2O6. The van der Waals surface area contributed by atoms with E-state index in [1.54, 1.807) is 50.6 Å². The van der Waals surface area contributed by atoms with Crippen molar-refractivity contribution in [3.63, 3.8) is 0 Å². The number of benzene rings is 2. The van der Waals surface area contributed by atoms with E-state index in [1.807, 2.05) is 17.0 Å². The lowest BCUT2D eigenvalue weighted by Crippen LogP contribution is -2.40. The van der Waals surface area contributed by atoms with Crippen LogP contribution in [-0.2, 0) is 9.53 Å². The number of aromatic nitrogens is 1. The number of carbonyl (C=O) groups is 2. The second-order valence-electron chi connectivity index (χ2n) is 7.77. The molecule has 1 fully saturated rings. The summed E-state index contributed by atoms with van der Waals surface area (Å²) in [5.74, 6) is 1.90. The lowest BCUT2D eigenvalue weighted by atomic mass is 10.1. The van der Waals surface area contributed by atoms with Crippen molar-refractivity contribution in [3.05, 3.63) is 54.2 Å². The van der Waals surface area contributed by atoms with Crippen LogP contribution in [0.2, 0.25) is 0 Å². The van der Waals surface area contributed by atoms with Gasteiger partial charge in [-0.05, 0) is 30.3 Å². The third-order valence-corrected chi connectivity index (χ3v) is 5.65. The first-order chi connectivity index (χ1) is 16.0. The Balaban J connectivity index is 1.59. The summed E-state index contributed by atoms with van der Waals surface area (Å²) < 4.78 is 22.7. The number of fused-ring (bicyclic) bond motifs is 1. The van der Waals surface area contributed by atoms with E-state index >= 15 is 0 Å². The van der Waals surface area contributed by atoms with Crippen LogP contribution in [0.1, 0.15) is 30.1 Å². The van der Waals surface area contributed by atoms with Gasteiger partial charge in [0.05, 0.1) is 25.3 Å². The molecule has 0 aliphatic carbocycles. The maximum absolute atomic E-state index is 11.8. The number of rotatable bonds is 6. The van der Waals surface area contributed by atoms with Crippen LogP contribution in [0.3, 0.4) is 0 Å². The third kappa shape index (κ3) is 5.00. The summed E-state index contributed by atoms with van der Waals surface area (Å²) in [5, 5.41) is 0.747. The molecule has 1 aliphatic rings. The number of pyridine rings is 1. The molecule has 0 unspecified atom stereocenters. The average molecular weight is 450 g/mol. The van der Waals surface area contributed by atoms with Crippen LogP contribution < -0.4 is 14.2 Å². The largest absolute Gasteiger partial charge is 0.493 e. The Labute approximate surface area is 192 Å². The fourth-order valence-electron chi connectivity index (χ4n) is 3.87. The van der Waals surface area contributed by atoms with Crippen LogP contribution in [-0.4, -0.2) is 55.2 Å². The Morgan fingerprint density at radius 3 is 2.48 bits per heavy atom. The number of hydrogen-bond acceptors (Lipinski definition) is 7. The Hall–Kier alpha value is -3.81. The monoisotopic (exact) mass is 450 g/mol. The van der Waals surface area contributed by atoms with Gasteiger partial charge >= 0.3 is 5.97 Å². The van der Waals surface area contributed by atoms with Crippen molar-refractivity contribution in [2.45, 2.75) is 25.9 Å². The highest BCUT2D eigenvalue weighted by molar-refractivity contribution is 5.90. The van der Waals surface area contributed by atoms with Gasteiger partial charge in [0.2, 0.25) is 5.91 Å². The van der Waals surface area contributed by atoms with Crippen molar-refractivity contribution in [2.75, 3.05) is 27.3 Å².